The van der Waals surface area contributed by atoms with E-state index in [1.165, 1.54) is 6.08 Å². The minimum atomic E-state index is -1.75. The van der Waals surface area contributed by atoms with Crippen LogP contribution in [0.25, 0.3) is 0 Å². The molecule has 0 saturated carbocycles. The Labute approximate surface area is 77.5 Å². The van der Waals surface area contributed by atoms with Crippen molar-refractivity contribution < 1.29 is 20.1 Å². The van der Waals surface area contributed by atoms with Crippen molar-refractivity contribution in [2.75, 3.05) is 0 Å². The quantitative estimate of drug-likeness (QED) is 0.540. The Bertz CT molecular complexity index is 188. The van der Waals surface area contributed by atoms with Gasteiger partial charge in [0.15, 0.2) is 6.10 Å². The lowest BCUT2D eigenvalue weighted by molar-refractivity contribution is -0.154. The van der Waals surface area contributed by atoms with E-state index in [4.69, 9.17) is 10.2 Å². The molecular weight excluding hydrogens is 172 g/mol. The lowest BCUT2D eigenvalue weighted by Crippen LogP contribution is -2.40. The van der Waals surface area contributed by atoms with Crippen molar-refractivity contribution in [1.82, 2.24) is 0 Å². The summed E-state index contributed by atoms with van der Waals surface area (Å²) in [5, 5.41) is 26.9. The zero-order valence-electron chi connectivity index (χ0n) is 7.84. The Morgan fingerprint density at radius 1 is 1.38 bits per heavy atom. The van der Waals surface area contributed by atoms with Gasteiger partial charge in [-0.1, -0.05) is 19.9 Å². The van der Waals surface area contributed by atoms with Crippen LogP contribution in [-0.2, 0) is 4.79 Å². The van der Waals surface area contributed by atoms with Crippen LogP contribution in [0.1, 0.15) is 13.8 Å². The average molecular weight is 188 g/mol. The molecule has 3 atom stereocenters. The van der Waals surface area contributed by atoms with Gasteiger partial charge in [-0.05, 0) is 5.92 Å². The van der Waals surface area contributed by atoms with E-state index in [1.54, 1.807) is 0 Å². The van der Waals surface area contributed by atoms with Crippen LogP contribution in [0.3, 0.4) is 0 Å². The van der Waals surface area contributed by atoms with Gasteiger partial charge in [-0.3, -0.25) is 0 Å². The largest absolute Gasteiger partial charge is 0.479 e. The highest BCUT2D eigenvalue weighted by Gasteiger charge is 2.30. The van der Waals surface area contributed by atoms with E-state index in [9.17, 15) is 9.90 Å². The highest BCUT2D eigenvalue weighted by atomic mass is 16.4. The van der Waals surface area contributed by atoms with Crippen LogP contribution >= 0.6 is 0 Å². The molecule has 0 amide bonds. The molecule has 0 radical (unpaired) electrons. The Kier molecular flexibility index (Phi) is 4.66. The van der Waals surface area contributed by atoms with Crippen LogP contribution in [0.5, 0.6) is 0 Å². The monoisotopic (exact) mass is 188 g/mol. The highest BCUT2D eigenvalue weighted by molar-refractivity contribution is 5.72. The fourth-order valence-electron chi connectivity index (χ4n) is 1.16. The third-order valence-corrected chi connectivity index (χ3v) is 2.01. The van der Waals surface area contributed by atoms with Crippen LogP contribution in [0.2, 0.25) is 0 Å². The van der Waals surface area contributed by atoms with Gasteiger partial charge in [0.2, 0.25) is 0 Å². The summed E-state index contributed by atoms with van der Waals surface area (Å²) in [6, 6.07) is 0. The van der Waals surface area contributed by atoms with E-state index in [2.05, 4.69) is 6.58 Å². The maximum absolute atomic E-state index is 10.3. The molecule has 4 heteroatoms. The van der Waals surface area contributed by atoms with Crippen LogP contribution in [0, 0.1) is 11.8 Å². The van der Waals surface area contributed by atoms with Gasteiger partial charge < -0.3 is 15.3 Å². The van der Waals surface area contributed by atoms with Gasteiger partial charge in [0.1, 0.15) is 0 Å². The van der Waals surface area contributed by atoms with Gasteiger partial charge in [-0.2, -0.15) is 0 Å². The molecule has 0 heterocycles. The van der Waals surface area contributed by atoms with Gasteiger partial charge in [-0.25, -0.2) is 4.79 Å². The van der Waals surface area contributed by atoms with Crippen LogP contribution in [-0.4, -0.2) is 33.5 Å². The average Bonchev–Trinajstić information content (AvgIpc) is 2.03. The first-order valence-electron chi connectivity index (χ1n) is 4.13. The summed E-state index contributed by atoms with van der Waals surface area (Å²) >= 11 is 0. The minimum Gasteiger partial charge on any atom is -0.479 e. The molecule has 76 valence electrons. The predicted octanol–water partition coefficient (Wildman–Crippen LogP) is 0.251. The van der Waals surface area contributed by atoms with Gasteiger partial charge in [-0.15, -0.1) is 6.58 Å². The predicted molar refractivity (Wildman–Crippen MR) is 48.2 cm³/mol. The van der Waals surface area contributed by atoms with Crippen molar-refractivity contribution in [3.05, 3.63) is 12.7 Å². The molecule has 0 rings (SSSR count). The smallest absolute Gasteiger partial charge is 0.335 e. The fourth-order valence-corrected chi connectivity index (χ4v) is 1.16. The maximum Gasteiger partial charge on any atom is 0.335 e. The summed E-state index contributed by atoms with van der Waals surface area (Å²) in [5.74, 6) is -1.78. The summed E-state index contributed by atoms with van der Waals surface area (Å²) in [7, 11) is 0. The van der Waals surface area contributed by atoms with Crippen molar-refractivity contribution in [2.45, 2.75) is 26.1 Å². The van der Waals surface area contributed by atoms with Crippen LogP contribution in [0.15, 0.2) is 12.7 Å². The van der Waals surface area contributed by atoms with Gasteiger partial charge in [0.25, 0.3) is 0 Å². The number of carbonyl (C=O) groups is 1. The third kappa shape index (κ3) is 3.16. The van der Waals surface area contributed by atoms with Crippen LogP contribution in [0.4, 0.5) is 0 Å². The topological polar surface area (TPSA) is 77.8 Å². The number of carboxylic acid groups (broad SMARTS) is 1. The van der Waals surface area contributed by atoms with Gasteiger partial charge >= 0.3 is 5.97 Å². The SMILES string of the molecule is C=CC(C(C)C)C(O)C(O)C(=O)O. The highest BCUT2D eigenvalue weighted by Crippen LogP contribution is 2.19. The summed E-state index contributed by atoms with van der Waals surface area (Å²) in [6.07, 6.45) is -1.58. The van der Waals surface area contributed by atoms with Crippen molar-refractivity contribution in [2.24, 2.45) is 11.8 Å². The second-order valence-electron chi connectivity index (χ2n) is 3.33. The zero-order chi connectivity index (χ0) is 10.6. The molecule has 0 aliphatic carbocycles. The number of rotatable bonds is 5. The number of carboxylic acids is 1. The van der Waals surface area contributed by atoms with Crippen LogP contribution < -0.4 is 0 Å². The molecule has 3 N–H and O–H groups in total. The molecule has 0 aromatic rings. The van der Waals surface area contributed by atoms with Crippen molar-refractivity contribution in [3.63, 3.8) is 0 Å². The van der Waals surface area contributed by atoms with Crippen molar-refractivity contribution in [3.8, 4) is 0 Å². The second kappa shape index (κ2) is 4.99. The molecule has 0 saturated heterocycles. The molecule has 0 aliphatic heterocycles. The Hall–Kier alpha value is -0.870. The third-order valence-electron chi connectivity index (χ3n) is 2.01. The molecule has 0 fully saturated rings. The van der Waals surface area contributed by atoms with E-state index >= 15 is 0 Å². The van der Waals surface area contributed by atoms with Crippen molar-refractivity contribution >= 4 is 5.97 Å². The lowest BCUT2D eigenvalue weighted by Gasteiger charge is -2.24. The molecule has 0 aromatic carbocycles. The summed E-state index contributed by atoms with van der Waals surface area (Å²) in [5.41, 5.74) is 0. The standard InChI is InChI=1S/C9H16O4/c1-4-6(5(2)3)7(10)8(11)9(12)13/h4-8,10-11H,1H2,2-3H3,(H,12,13). The summed E-state index contributed by atoms with van der Waals surface area (Å²) < 4.78 is 0. The Morgan fingerprint density at radius 2 is 1.85 bits per heavy atom. The normalized spacial score (nSPS) is 17.9. The lowest BCUT2D eigenvalue weighted by atomic mass is 9.87. The number of aliphatic hydroxyl groups is 2. The van der Waals surface area contributed by atoms with E-state index in [-0.39, 0.29) is 5.92 Å². The number of hydrogen-bond acceptors (Lipinski definition) is 3. The molecule has 0 spiro atoms. The van der Waals surface area contributed by atoms with E-state index in [0.717, 1.165) is 0 Å². The van der Waals surface area contributed by atoms with E-state index in [1.807, 2.05) is 13.8 Å². The number of aliphatic hydroxyl groups excluding tert-OH is 2. The molecule has 3 unspecified atom stereocenters. The number of aliphatic carboxylic acids is 1. The zero-order valence-corrected chi connectivity index (χ0v) is 7.84. The Morgan fingerprint density at radius 3 is 2.08 bits per heavy atom. The molecular formula is C9H16O4. The molecule has 0 bridgehead atoms. The minimum absolute atomic E-state index is 0.0431. The molecule has 0 aromatic heterocycles. The number of hydrogen-bond donors (Lipinski definition) is 3. The summed E-state index contributed by atoms with van der Waals surface area (Å²) in [6.45, 7) is 7.13. The first-order chi connectivity index (χ1) is 5.91. The molecule has 4 nitrogen and oxygen atoms in total. The first kappa shape index (κ1) is 12.1. The Balaban J connectivity index is 4.44. The second-order valence-corrected chi connectivity index (χ2v) is 3.33. The molecule has 13 heavy (non-hydrogen) atoms. The first-order valence-corrected chi connectivity index (χ1v) is 4.13. The van der Waals surface area contributed by atoms with Gasteiger partial charge in [0, 0.05) is 5.92 Å². The molecule has 0 aliphatic rings. The van der Waals surface area contributed by atoms with Crippen molar-refractivity contribution in [1.29, 1.82) is 0 Å². The maximum atomic E-state index is 10.3. The summed E-state index contributed by atoms with van der Waals surface area (Å²) in [4.78, 5) is 10.3. The fraction of sp³-hybridized carbons (Fsp3) is 0.667. The van der Waals surface area contributed by atoms with Gasteiger partial charge in [0.05, 0.1) is 6.10 Å². The van der Waals surface area contributed by atoms with E-state index in [0.29, 0.717) is 0 Å². The van der Waals surface area contributed by atoms with E-state index < -0.39 is 24.1 Å².